The normalized spacial score (nSPS) is 11.1. The maximum atomic E-state index is 13.6. The molecule has 2 aromatic carbocycles. The minimum Gasteiger partial charge on any atom is -0.478 e. The maximum Gasteiger partial charge on any atom is 0.335 e. The van der Waals surface area contributed by atoms with E-state index in [0.717, 1.165) is 12.1 Å². The Labute approximate surface area is 121 Å². The Kier molecular flexibility index (Phi) is 3.95. The number of aryl methyl sites for hydroxylation is 1. The molecule has 0 aliphatic heterocycles. The molecule has 0 amide bonds. The van der Waals surface area contributed by atoms with E-state index in [9.17, 15) is 17.6 Å². The van der Waals surface area contributed by atoms with E-state index >= 15 is 0 Å². The molecule has 0 aliphatic rings. The van der Waals surface area contributed by atoms with Gasteiger partial charge in [-0.05, 0) is 42.8 Å². The molecule has 0 heterocycles. The van der Waals surface area contributed by atoms with E-state index in [1.54, 1.807) is 6.92 Å². The number of sulfonamides is 1. The van der Waals surface area contributed by atoms with Crippen LogP contribution in [-0.4, -0.2) is 19.5 Å². The molecule has 110 valence electrons. The van der Waals surface area contributed by atoms with Crippen LogP contribution >= 0.6 is 0 Å². The molecule has 21 heavy (non-hydrogen) atoms. The van der Waals surface area contributed by atoms with Crippen LogP contribution in [0.1, 0.15) is 15.9 Å². The highest BCUT2D eigenvalue weighted by molar-refractivity contribution is 7.92. The molecular formula is C14H12FNO4S. The van der Waals surface area contributed by atoms with Crippen LogP contribution in [0.2, 0.25) is 0 Å². The molecule has 0 aliphatic carbocycles. The summed E-state index contributed by atoms with van der Waals surface area (Å²) >= 11 is 0. The van der Waals surface area contributed by atoms with E-state index in [-0.39, 0.29) is 11.3 Å². The minimum absolute atomic E-state index is 0.0429. The minimum atomic E-state index is -4.07. The molecule has 0 fully saturated rings. The van der Waals surface area contributed by atoms with Crippen LogP contribution in [-0.2, 0) is 10.0 Å². The summed E-state index contributed by atoms with van der Waals surface area (Å²) in [6.07, 6.45) is 0. The summed E-state index contributed by atoms with van der Waals surface area (Å²) in [5, 5.41) is 8.86. The van der Waals surface area contributed by atoms with Crippen LogP contribution in [0, 0.1) is 12.7 Å². The molecule has 5 nitrogen and oxygen atoms in total. The fourth-order valence-electron chi connectivity index (χ4n) is 1.77. The Hall–Kier alpha value is -2.41. The lowest BCUT2D eigenvalue weighted by Gasteiger charge is -2.11. The van der Waals surface area contributed by atoms with Gasteiger partial charge >= 0.3 is 5.97 Å². The van der Waals surface area contributed by atoms with E-state index in [1.165, 1.54) is 30.3 Å². The molecule has 0 aromatic heterocycles. The highest BCUT2D eigenvalue weighted by Gasteiger charge is 2.19. The summed E-state index contributed by atoms with van der Waals surface area (Å²) in [4.78, 5) is 10.4. The van der Waals surface area contributed by atoms with Crippen LogP contribution in [0.4, 0.5) is 10.1 Å². The highest BCUT2D eigenvalue weighted by Crippen LogP contribution is 2.22. The Morgan fingerprint density at radius 3 is 2.43 bits per heavy atom. The van der Waals surface area contributed by atoms with Gasteiger partial charge in [0.15, 0.2) is 0 Å². The number of benzene rings is 2. The molecule has 2 rings (SSSR count). The zero-order valence-electron chi connectivity index (χ0n) is 11.0. The zero-order valence-corrected chi connectivity index (χ0v) is 11.8. The van der Waals surface area contributed by atoms with Crippen LogP contribution < -0.4 is 4.72 Å². The van der Waals surface area contributed by atoms with Gasteiger partial charge in [-0.3, -0.25) is 4.72 Å². The van der Waals surface area contributed by atoms with Crippen LogP contribution in [0.15, 0.2) is 47.4 Å². The third kappa shape index (κ3) is 3.19. The molecule has 7 heteroatoms. The van der Waals surface area contributed by atoms with E-state index in [4.69, 9.17) is 5.11 Å². The second-order valence-corrected chi connectivity index (χ2v) is 6.02. The number of carboxylic acids is 1. The van der Waals surface area contributed by atoms with Gasteiger partial charge in [0.1, 0.15) is 10.7 Å². The van der Waals surface area contributed by atoms with Gasteiger partial charge in [-0.2, -0.15) is 0 Å². The largest absolute Gasteiger partial charge is 0.478 e. The maximum absolute atomic E-state index is 13.6. The average molecular weight is 309 g/mol. The second-order valence-electron chi connectivity index (χ2n) is 4.37. The van der Waals surface area contributed by atoms with Gasteiger partial charge in [0.25, 0.3) is 10.0 Å². The Bertz CT molecular complexity index is 802. The number of carbonyl (C=O) groups is 1. The van der Waals surface area contributed by atoms with Crippen molar-refractivity contribution >= 4 is 21.7 Å². The molecule has 0 unspecified atom stereocenters. The summed E-state index contributed by atoms with van der Waals surface area (Å²) < 4.78 is 40.1. The summed E-state index contributed by atoms with van der Waals surface area (Å²) in [7, 11) is -4.07. The van der Waals surface area contributed by atoms with E-state index in [1.807, 2.05) is 0 Å². The topological polar surface area (TPSA) is 83.5 Å². The first-order chi connectivity index (χ1) is 9.81. The van der Waals surface area contributed by atoms with Gasteiger partial charge in [-0.25, -0.2) is 17.6 Å². The average Bonchev–Trinajstić information content (AvgIpc) is 2.41. The molecule has 2 N–H and O–H groups in total. The molecular weight excluding hydrogens is 297 g/mol. The molecule has 0 spiro atoms. The van der Waals surface area contributed by atoms with Gasteiger partial charge in [0, 0.05) is 0 Å². The standard InChI is InChI=1S/C14H12FNO4S/c1-9-8-10(14(17)18)6-7-12(9)16-21(19,20)13-5-3-2-4-11(13)15/h2-8,16H,1H3,(H,17,18). The number of nitrogens with one attached hydrogen (secondary N) is 1. The molecule has 2 aromatic rings. The van der Waals surface area contributed by atoms with E-state index < -0.39 is 26.7 Å². The number of hydrogen-bond donors (Lipinski definition) is 2. The van der Waals surface area contributed by atoms with E-state index in [2.05, 4.69) is 4.72 Å². The third-order valence-corrected chi connectivity index (χ3v) is 4.24. The van der Waals surface area contributed by atoms with Crippen LogP contribution in [0.3, 0.4) is 0 Å². The van der Waals surface area contributed by atoms with Crippen molar-refractivity contribution in [2.75, 3.05) is 4.72 Å². The first-order valence-electron chi connectivity index (χ1n) is 5.92. The van der Waals surface area contributed by atoms with Gasteiger partial charge in [0.2, 0.25) is 0 Å². The number of anilines is 1. The Morgan fingerprint density at radius 2 is 1.86 bits per heavy atom. The fourth-order valence-corrected chi connectivity index (χ4v) is 2.98. The predicted molar refractivity (Wildman–Crippen MR) is 75.3 cm³/mol. The van der Waals surface area contributed by atoms with Crippen LogP contribution in [0.5, 0.6) is 0 Å². The number of aromatic carboxylic acids is 1. The number of halogens is 1. The van der Waals surface area contributed by atoms with E-state index in [0.29, 0.717) is 5.56 Å². The molecule has 0 atom stereocenters. The predicted octanol–water partition coefficient (Wildman–Crippen LogP) is 2.63. The molecule has 0 bridgehead atoms. The first-order valence-corrected chi connectivity index (χ1v) is 7.41. The third-order valence-electron chi connectivity index (χ3n) is 2.84. The molecule has 0 saturated heterocycles. The zero-order chi connectivity index (χ0) is 15.6. The number of rotatable bonds is 4. The van der Waals surface area contributed by atoms with Gasteiger partial charge in [-0.1, -0.05) is 12.1 Å². The molecule has 0 radical (unpaired) electrons. The summed E-state index contributed by atoms with van der Waals surface area (Å²) in [6.45, 7) is 1.56. The smallest absolute Gasteiger partial charge is 0.335 e. The van der Waals surface area contributed by atoms with Crippen molar-refractivity contribution in [1.29, 1.82) is 0 Å². The number of hydrogen-bond acceptors (Lipinski definition) is 3. The fraction of sp³-hybridized carbons (Fsp3) is 0.0714. The quantitative estimate of drug-likeness (QED) is 0.909. The molecule has 0 saturated carbocycles. The summed E-state index contributed by atoms with van der Waals surface area (Å²) in [6, 6.07) is 8.94. The van der Waals surface area contributed by atoms with Crippen molar-refractivity contribution in [2.45, 2.75) is 11.8 Å². The lowest BCUT2D eigenvalue weighted by atomic mass is 10.1. The second kappa shape index (κ2) is 5.53. The Balaban J connectivity index is 2.38. The van der Waals surface area contributed by atoms with Crippen molar-refractivity contribution in [3.63, 3.8) is 0 Å². The SMILES string of the molecule is Cc1cc(C(=O)O)ccc1NS(=O)(=O)c1ccccc1F. The summed E-state index contributed by atoms with van der Waals surface area (Å²) in [5.74, 6) is -1.97. The lowest BCUT2D eigenvalue weighted by molar-refractivity contribution is 0.0697. The lowest BCUT2D eigenvalue weighted by Crippen LogP contribution is -2.15. The highest BCUT2D eigenvalue weighted by atomic mass is 32.2. The van der Waals surface area contributed by atoms with Crippen molar-refractivity contribution in [3.8, 4) is 0 Å². The van der Waals surface area contributed by atoms with Crippen molar-refractivity contribution in [2.24, 2.45) is 0 Å². The van der Waals surface area contributed by atoms with Gasteiger partial charge < -0.3 is 5.11 Å². The Morgan fingerprint density at radius 1 is 1.19 bits per heavy atom. The van der Waals surface area contributed by atoms with Gasteiger partial charge in [-0.15, -0.1) is 0 Å². The van der Waals surface area contributed by atoms with Gasteiger partial charge in [0.05, 0.1) is 11.3 Å². The monoisotopic (exact) mass is 309 g/mol. The van der Waals surface area contributed by atoms with Crippen LogP contribution in [0.25, 0.3) is 0 Å². The number of carboxylic acid groups (broad SMARTS) is 1. The summed E-state index contributed by atoms with van der Waals surface area (Å²) in [5.41, 5.74) is 0.666. The van der Waals surface area contributed by atoms with Crippen molar-refractivity contribution < 1.29 is 22.7 Å². The van der Waals surface area contributed by atoms with Crippen molar-refractivity contribution in [3.05, 3.63) is 59.4 Å². The first kappa shape index (κ1) is 15.0. The van der Waals surface area contributed by atoms with Crippen molar-refractivity contribution in [1.82, 2.24) is 0 Å².